The van der Waals surface area contributed by atoms with E-state index in [9.17, 15) is 33.1 Å². The van der Waals surface area contributed by atoms with Crippen LogP contribution in [-0.4, -0.2) is 53.9 Å². The summed E-state index contributed by atoms with van der Waals surface area (Å²) >= 11 is 0. The van der Waals surface area contributed by atoms with Crippen LogP contribution in [0.3, 0.4) is 0 Å². The van der Waals surface area contributed by atoms with Crippen LogP contribution in [0.25, 0.3) is 0 Å². The minimum atomic E-state index is -1.96. The summed E-state index contributed by atoms with van der Waals surface area (Å²) in [5.74, 6) is -5.12. The normalized spacial score (nSPS) is 16.0. The van der Waals surface area contributed by atoms with Gasteiger partial charge in [0.2, 0.25) is 5.91 Å². The van der Waals surface area contributed by atoms with Gasteiger partial charge < -0.3 is 25.5 Å². The number of carbonyl (C=O) groups is 4. The quantitative estimate of drug-likeness (QED) is 0.372. The molecule has 1 heterocycles. The maximum atomic E-state index is 14.0. The Hall–Kier alpha value is -3.86. The molecule has 0 radical (unpaired) electrons. The number of rotatable bonds is 9. The zero-order valence-corrected chi connectivity index (χ0v) is 25.8. The van der Waals surface area contributed by atoms with Crippen LogP contribution in [0.2, 0.25) is 0 Å². The molecule has 3 N–H and O–H groups in total. The fourth-order valence-corrected chi connectivity index (χ4v) is 4.56. The fourth-order valence-electron chi connectivity index (χ4n) is 4.56. The number of fused-ring (bicyclic) bond motifs is 1. The topological polar surface area (TPSA) is 119 Å². The summed E-state index contributed by atoms with van der Waals surface area (Å²) < 4.78 is 27.2. The van der Waals surface area contributed by atoms with Gasteiger partial charge in [0.15, 0.2) is 12.1 Å². The maximum absolute atomic E-state index is 14.0. The molecule has 0 spiro atoms. The van der Waals surface area contributed by atoms with Gasteiger partial charge in [0.1, 0.15) is 17.7 Å². The van der Waals surface area contributed by atoms with Crippen molar-refractivity contribution in [2.45, 2.75) is 79.5 Å². The van der Waals surface area contributed by atoms with Gasteiger partial charge in [-0.1, -0.05) is 53.7 Å². The molecule has 0 saturated heterocycles. The van der Waals surface area contributed by atoms with Crippen LogP contribution in [0.5, 0.6) is 0 Å². The van der Waals surface area contributed by atoms with Gasteiger partial charge in [0, 0.05) is 19.2 Å². The summed E-state index contributed by atoms with van der Waals surface area (Å²) in [6.45, 7) is 14.1. The average Bonchev–Trinajstić information content (AvgIpc) is 2.97. The fraction of sp³-hybridized carbons (Fsp3) is 0.500. The van der Waals surface area contributed by atoms with Crippen molar-refractivity contribution < 1.29 is 33.1 Å². The molecule has 1 unspecified atom stereocenters. The van der Waals surface area contributed by atoms with Crippen molar-refractivity contribution in [2.24, 2.45) is 10.8 Å². The molecule has 234 valence electrons. The second kappa shape index (κ2) is 13.2. The Morgan fingerprint density at radius 1 is 0.837 bits per heavy atom. The average molecular weight is 601 g/mol. The monoisotopic (exact) mass is 600 g/mol. The van der Waals surface area contributed by atoms with E-state index in [4.69, 9.17) is 0 Å². The Balaban J connectivity index is 1.89. The highest BCUT2D eigenvalue weighted by Crippen LogP contribution is 2.35. The molecule has 2 aromatic carbocycles. The van der Waals surface area contributed by atoms with Crippen molar-refractivity contribution in [3.8, 4) is 0 Å². The van der Waals surface area contributed by atoms with Crippen LogP contribution in [0.4, 0.5) is 20.2 Å². The van der Waals surface area contributed by atoms with E-state index < -0.39 is 53.5 Å². The molecule has 2 aromatic rings. The van der Waals surface area contributed by atoms with Crippen LogP contribution in [-0.2, 0) is 19.2 Å². The number of para-hydroxylation sites is 2. The van der Waals surface area contributed by atoms with Crippen LogP contribution < -0.4 is 20.4 Å². The van der Waals surface area contributed by atoms with Crippen LogP contribution in [0.1, 0.15) is 73.0 Å². The van der Waals surface area contributed by atoms with Gasteiger partial charge in [-0.2, -0.15) is 0 Å². The number of carbonyl (C=O) groups excluding carboxylic acids is 4. The van der Waals surface area contributed by atoms with E-state index in [1.165, 1.54) is 16.7 Å². The zero-order valence-electron chi connectivity index (χ0n) is 25.8. The van der Waals surface area contributed by atoms with Crippen molar-refractivity contribution in [3.63, 3.8) is 0 Å². The molecule has 0 bridgehead atoms. The molecule has 43 heavy (non-hydrogen) atoms. The predicted octanol–water partition coefficient (Wildman–Crippen LogP) is 4.24. The second-order valence-corrected chi connectivity index (χ2v) is 13.4. The van der Waals surface area contributed by atoms with Gasteiger partial charge in [-0.25, -0.2) is 8.78 Å². The summed E-state index contributed by atoms with van der Waals surface area (Å²) in [5, 5.41) is 15.1. The number of aliphatic hydroxyl groups excluding tert-OH is 1. The van der Waals surface area contributed by atoms with Gasteiger partial charge in [0.25, 0.3) is 17.7 Å². The highest BCUT2D eigenvalue weighted by atomic mass is 19.1. The zero-order chi connectivity index (χ0) is 32.3. The Labute approximate surface area is 251 Å². The Morgan fingerprint density at radius 3 is 1.70 bits per heavy atom. The van der Waals surface area contributed by atoms with Crippen molar-refractivity contribution in [1.82, 2.24) is 10.6 Å². The summed E-state index contributed by atoms with van der Waals surface area (Å²) in [6.07, 6.45) is -0.721. The SMILES string of the molecule is C[C@H](NC(=O)C(O)c1cc(F)cc(F)c1)C(=O)NC1C(=O)N(CCC(C)(C)C)c2ccccc2N(CCC(C)(C)C)C1=O. The molecule has 2 atom stereocenters. The molecule has 0 aromatic heterocycles. The van der Waals surface area contributed by atoms with Crippen molar-refractivity contribution >= 4 is 35.0 Å². The summed E-state index contributed by atoms with van der Waals surface area (Å²) in [5.41, 5.74) is 0.532. The smallest absolute Gasteiger partial charge is 0.259 e. The summed E-state index contributed by atoms with van der Waals surface area (Å²) in [6, 6.07) is 6.43. The molecular weight excluding hydrogens is 558 g/mol. The molecular formula is C32H42F2N4O5. The largest absolute Gasteiger partial charge is 0.378 e. The van der Waals surface area contributed by atoms with E-state index >= 15 is 0 Å². The number of hydrogen-bond donors (Lipinski definition) is 3. The minimum absolute atomic E-state index is 0.125. The molecule has 3 rings (SSSR count). The molecule has 0 fully saturated rings. The highest BCUT2D eigenvalue weighted by molar-refractivity contribution is 6.21. The number of nitrogens with zero attached hydrogens (tertiary/aromatic N) is 2. The van der Waals surface area contributed by atoms with Gasteiger partial charge >= 0.3 is 0 Å². The number of hydrogen-bond acceptors (Lipinski definition) is 5. The Morgan fingerprint density at radius 2 is 1.28 bits per heavy atom. The standard InChI is InChI=1S/C32H42F2N4O5/c1-19(35-28(41)26(39)20-16-21(33)18-22(34)17-20)27(40)36-25-29(42)37(14-12-31(2,3)4)23-10-8-9-11-24(23)38(30(25)43)15-13-32(5,6)7/h8-11,16-19,25-26,39H,12-15H2,1-7H3,(H,35,41)(H,36,40)/t19-,26?/m0/s1. The van der Waals surface area contributed by atoms with Gasteiger partial charge in [-0.3, -0.25) is 19.2 Å². The lowest BCUT2D eigenvalue weighted by atomic mass is 9.92. The Bertz CT molecular complexity index is 1290. The number of aliphatic hydroxyl groups is 1. The predicted molar refractivity (Wildman–Crippen MR) is 160 cm³/mol. The first kappa shape index (κ1) is 33.6. The van der Waals surface area contributed by atoms with E-state index in [2.05, 4.69) is 10.6 Å². The first-order valence-corrected chi connectivity index (χ1v) is 14.3. The maximum Gasteiger partial charge on any atom is 0.259 e. The lowest BCUT2D eigenvalue weighted by molar-refractivity contribution is -0.136. The number of anilines is 2. The number of amides is 4. The van der Waals surface area contributed by atoms with E-state index in [0.717, 1.165) is 12.1 Å². The molecule has 0 aliphatic carbocycles. The van der Waals surface area contributed by atoms with Crippen molar-refractivity contribution in [3.05, 3.63) is 59.7 Å². The van der Waals surface area contributed by atoms with Gasteiger partial charge in [-0.15, -0.1) is 0 Å². The lowest BCUT2D eigenvalue weighted by Gasteiger charge is -2.29. The molecule has 1 aliphatic rings. The first-order valence-electron chi connectivity index (χ1n) is 14.3. The lowest BCUT2D eigenvalue weighted by Crippen LogP contribution is -2.59. The molecule has 9 nitrogen and oxygen atoms in total. The van der Waals surface area contributed by atoms with E-state index in [1.807, 2.05) is 41.5 Å². The third-order valence-electron chi connectivity index (χ3n) is 7.15. The van der Waals surface area contributed by atoms with E-state index in [-0.39, 0.29) is 16.4 Å². The van der Waals surface area contributed by atoms with E-state index in [1.54, 1.807) is 24.3 Å². The molecule has 1 aliphatic heterocycles. The first-order chi connectivity index (χ1) is 19.9. The van der Waals surface area contributed by atoms with Gasteiger partial charge in [-0.05, 0) is 60.4 Å². The van der Waals surface area contributed by atoms with E-state index in [0.29, 0.717) is 43.4 Å². The molecule has 11 heteroatoms. The van der Waals surface area contributed by atoms with Crippen LogP contribution >= 0.6 is 0 Å². The Kier molecular flexibility index (Phi) is 10.3. The molecule has 4 amide bonds. The third kappa shape index (κ3) is 8.82. The minimum Gasteiger partial charge on any atom is -0.378 e. The second-order valence-electron chi connectivity index (χ2n) is 13.4. The number of halogens is 2. The highest BCUT2D eigenvalue weighted by Gasteiger charge is 2.42. The number of benzene rings is 2. The third-order valence-corrected chi connectivity index (χ3v) is 7.15. The number of nitrogens with one attached hydrogen (secondary N) is 2. The van der Waals surface area contributed by atoms with Crippen LogP contribution in [0, 0.1) is 22.5 Å². The molecule has 0 saturated carbocycles. The van der Waals surface area contributed by atoms with Crippen LogP contribution in [0.15, 0.2) is 42.5 Å². The van der Waals surface area contributed by atoms with Gasteiger partial charge in [0.05, 0.1) is 11.4 Å². The summed E-state index contributed by atoms with van der Waals surface area (Å²) in [7, 11) is 0. The van der Waals surface area contributed by atoms with Crippen molar-refractivity contribution in [2.75, 3.05) is 22.9 Å². The van der Waals surface area contributed by atoms with Crippen molar-refractivity contribution in [1.29, 1.82) is 0 Å². The summed E-state index contributed by atoms with van der Waals surface area (Å²) in [4.78, 5) is 56.9.